The molecule has 0 aliphatic rings. The lowest BCUT2D eigenvalue weighted by atomic mass is 10.2. The van der Waals surface area contributed by atoms with E-state index >= 15 is 0 Å². The fourth-order valence-electron chi connectivity index (χ4n) is 1.61. The molecule has 3 N–H and O–H groups in total. The van der Waals surface area contributed by atoms with Gasteiger partial charge in [0, 0.05) is 0 Å². The normalized spacial score (nSPS) is 11.1. The van der Waals surface area contributed by atoms with E-state index < -0.39 is 0 Å². The van der Waals surface area contributed by atoms with Gasteiger partial charge in [-0.2, -0.15) is 5.10 Å². The summed E-state index contributed by atoms with van der Waals surface area (Å²) >= 11 is 0. The average molecular weight is 214 g/mol. The SMILES string of the molecule is Cc1ccc2nc(-c3cn[nH]c3N)oc2c1. The molecule has 0 radical (unpaired) electrons. The molecule has 0 unspecified atom stereocenters. The van der Waals surface area contributed by atoms with Crippen molar-refractivity contribution >= 4 is 16.9 Å². The lowest BCUT2D eigenvalue weighted by Crippen LogP contribution is -1.87. The highest BCUT2D eigenvalue weighted by Crippen LogP contribution is 2.27. The number of fused-ring (bicyclic) bond motifs is 1. The van der Waals surface area contributed by atoms with Gasteiger partial charge in [-0.15, -0.1) is 0 Å². The summed E-state index contributed by atoms with van der Waals surface area (Å²) in [4.78, 5) is 4.35. The van der Waals surface area contributed by atoms with Crippen molar-refractivity contribution in [2.45, 2.75) is 6.92 Å². The zero-order valence-corrected chi connectivity index (χ0v) is 8.69. The maximum absolute atomic E-state index is 5.71. The highest BCUT2D eigenvalue weighted by atomic mass is 16.3. The first-order valence-corrected chi connectivity index (χ1v) is 4.90. The molecule has 2 heterocycles. The summed E-state index contributed by atoms with van der Waals surface area (Å²) in [5.74, 6) is 0.954. The molecule has 0 saturated carbocycles. The summed E-state index contributed by atoms with van der Waals surface area (Å²) in [6, 6.07) is 5.86. The molecule has 5 nitrogen and oxygen atoms in total. The molecule has 0 aliphatic heterocycles. The molecule has 80 valence electrons. The fraction of sp³-hybridized carbons (Fsp3) is 0.0909. The molecule has 3 rings (SSSR count). The molecule has 2 aromatic heterocycles. The van der Waals surface area contributed by atoms with Crippen LogP contribution in [-0.4, -0.2) is 15.2 Å². The number of nitrogens with two attached hydrogens (primary N) is 1. The Hall–Kier alpha value is -2.30. The molecule has 0 spiro atoms. The smallest absolute Gasteiger partial charge is 0.232 e. The molecule has 3 aromatic rings. The number of benzene rings is 1. The van der Waals surface area contributed by atoms with Gasteiger partial charge in [0.15, 0.2) is 5.58 Å². The van der Waals surface area contributed by atoms with Crippen LogP contribution in [-0.2, 0) is 0 Å². The van der Waals surface area contributed by atoms with Crippen LogP contribution < -0.4 is 5.73 Å². The van der Waals surface area contributed by atoms with Gasteiger partial charge < -0.3 is 10.2 Å². The molecule has 0 amide bonds. The van der Waals surface area contributed by atoms with Crippen LogP contribution in [0.15, 0.2) is 28.8 Å². The molecule has 1 aromatic carbocycles. The molecular formula is C11H10N4O. The molecule has 0 aliphatic carbocycles. The van der Waals surface area contributed by atoms with Gasteiger partial charge in [-0.1, -0.05) is 6.07 Å². The third-order valence-electron chi connectivity index (χ3n) is 2.44. The van der Waals surface area contributed by atoms with Crippen LogP contribution in [0.2, 0.25) is 0 Å². The van der Waals surface area contributed by atoms with Crippen LogP contribution in [0.1, 0.15) is 5.56 Å². The van der Waals surface area contributed by atoms with E-state index in [0.717, 1.165) is 16.7 Å². The van der Waals surface area contributed by atoms with Crippen LogP contribution in [0.3, 0.4) is 0 Å². The first-order chi connectivity index (χ1) is 7.74. The number of hydrogen-bond acceptors (Lipinski definition) is 4. The number of aromatic amines is 1. The van der Waals surface area contributed by atoms with E-state index in [-0.39, 0.29) is 0 Å². The predicted molar refractivity (Wildman–Crippen MR) is 60.7 cm³/mol. The number of hydrogen-bond donors (Lipinski definition) is 2. The number of nitrogens with one attached hydrogen (secondary N) is 1. The molecule has 0 fully saturated rings. The summed E-state index contributed by atoms with van der Waals surface area (Å²) in [5, 5.41) is 6.49. The molecule has 0 atom stereocenters. The molecule has 5 heteroatoms. The monoisotopic (exact) mass is 214 g/mol. The highest BCUT2D eigenvalue weighted by Gasteiger charge is 2.12. The number of aryl methyl sites for hydroxylation is 1. The van der Waals surface area contributed by atoms with E-state index in [9.17, 15) is 0 Å². The Morgan fingerprint density at radius 2 is 2.25 bits per heavy atom. The largest absolute Gasteiger partial charge is 0.436 e. The van der Waals surface area contributed by atoms with E-state index in [2.05, 4.69) is 15.2 Å². The van der Waals surface area contributed by atoms with E-state index in [4.69, 9.17) is 10.2 Å². The van der Waals surface area contributed by atoms with Crippen LogP contribution in [0.25, 0.3) is 22.6 Å². The molecule has 0 bridgehead atoms. The van der Waals surface area contributed by atoms with Crippen molar-refractivity contribution in [1.29, 1.82) is 0 Å². The number of nitrogen functional groups attached to an aromatic ring is 1. The molecule has 0 saturated heterocycles. The molecule has 16 heavy (non-hydrogen) atoms. The Bertz CT molecular complexity index is 653. The van der Waals surface area contributed by atoms with Crippen LogP contribution in [0.4, 0.5) is 5.82 Å². The third kappa shape index (κ3) is 1.25. The number of H-pyrrole nitrogens is 1. The van der Waals surface area contributed by atoms with Gasteiger partial charge >= 0.3 is 0 Å². The van der Waals surface area contributed by atoms with Gasteiger partial charge in [0.25, 0.3) is 0 Å². The van der Waals surface area contributed by atoms with Crippen LogP contribution in [0, 0.1) is 6.92 Å². The number of aromatic nitrogens is 3. The first kappa shape index (κ1) is 8.96. The van der Waals surface area contributed by atoms with Gasteiger partial charge in [-0.25, -0.2) is 4.98 Å². The Balaban J connectivity index is 2.23. The van der Waals surface area contributed by atoms with Crippen molar-refractivity contribution in [2.75, 3.05) is 5.73 Å². The van der Waals surface area contributed by atoms with Crippen molar-refractivity contribution in [3.63, 3.8) is 0 Å². The van der Waals surface area contributed by atoms with E-state index in [1.807, 2.05) is 25.1 Å². The number of rotatable bonds is 1. The topological polar surface area (TPSA) is 80.7 Å². The van der Waals surface area contributed by atoms with Gasteiger partial charge in [-0.05, 0) is 24.6 Å². The quantitative estimate of drug-likeness (QED) is 0.650. The van der Waals surface area contributed by atoms with Gasteiger partial charge in [-0.3, -0.25) is 5.10 Å². The summed E-state index contributed by atoms with van der Waals surface area (Å²) < 4.78 is 5.62. The van der Waals surface area contributed by atoms with Gasteiger partial charge in [0.2, 0.25) is 5.89 Å². The van der Waals surface area contributed by atoms with E-state index in [1.54, 1.807) is 6.20 Å². The minimum atomic E-state index is 0.461. The summed E-state index contributed by atoms with van der Waals surface area (Å²) in [6.07, 6.45) is 1.60. The van der Waals surface area contributed by atoms with Gasteiger partial charge in [0.1, 0.15) is 11.3 Å². The lowest BCUT2D eigenvalue weighted by Gasteiger charge is -1.89. The second kappa shape index (κ2) is 3.10. The predicted octanol–water partition coefficient (Wildman–Crippen LogP) is 2.11. The number of anilines is 1. The fourth-order valence-corrected chi connectivity index (χ4v) is 1.61. The maximum atomic E-state index is 5.71. The first-order valence-electron chi connectivity index (χ1n) is 4.90. The lowest BCUT2D eigenvalue weighted by molar-refractivity contribution is 0.620. The third-order valence-corrected chi connectivity index (χ3v) is 2.44. The Kier molecular flexibility index (Phi) is 1.73. The number of oxazole rings is 1. The van der Waals surface area contributed by atoms with Crippen molar-refractivity contribution in [3.8, 4) is 11.5 Å². The van der Waals surface area contributed by atoms with Gasteiger partial charge in [0.05, 0.1) is 11.8 Å². The van der Waals surface area contributed by atoms with Crippen LogP contribution in [0.5, 0.6) is 0 Å². The average Bonchev–Trinajstić information content (AvgIpc) is 2.82. The summed E-state index contributed by atoms with van der Waals surface area (Å²) in [7, 11) is 0. The Morgan fingerprint density at radius 1 is 1.38 bits per heavy atom. The number of nitrogens with zero attached hydrogens (tertiary/aromatic N) is 2. The zero-order chi connectivity index (χ0) is 11.1. The van der Waals surface area contributed by atoms with E-state index in [0.29, 0.717) is 17.3 Å². The van der Waals surface area contributed by atoms with Crippen molar-refractivity contribution in [2.24, 2.45) is 0 Å². The molecular weight excluding hydrogens is 204 g/mol. The Labute approximate surface area is 91.3 Å². The van der Waals surface area contributed by atoms with E-state index in [1.165, 1.54) is 0 Å². The second-order valence-corrected chi connectivity index (χ2v) is 3.69. The highest BCUT2D eigenvalue weighted by molar-refractivity contribution is 5.78. The van der Waals surface area contributed by atoms with Crippen molar-refractivity contribution < 1.29 is 4.42 Å². The second-order valence-electron chi connectivity index (χ2n) is 3.69. The van der Waals surface area contributed by atoms with Crippen molar-refractivity contribution in [1.82, 2.24) is 15.2 Å². The zero-order valence-electron chi connectivity index (χ0n) is 8.69. The minimum absolute atomic E-state index is 0.461. The Morgan fingerprint density at radius 3 is 3.00 bits per heavy atom. The summed E-state index contributed by atoms with van der Waals surface area (Å²) in [6.45, 7) is 2.01. The maximum Gasteiger partial charge on any atom is 0.232 e. The summed E-state index contributed by atoms with van der Waals surface area (Å²) in [5.41, 5.74) is 9.11. The minimum Gasteiger partial charge on any atom is -0.436 e. The van der Waals surface area contributed by atoms with Crippen LogP contribution >= 0.6 is 0 Å². The standard InChI is InChI=1S/C11H10N4O/c1-6-2-3-8-9(4-6)16-11(14-8)7-5-13-15-10(7)12/h2-5H,1H3,(H3,12,13,15). The van der Waals surface area contributed by atoms with Crippen molar-refractivity contribution in [3.05, 3.63) is 30.0 Å².